The van der Waals surface area contributed by atoms with Gasteiger partial charge in [-0.2, -0.15) is 8.42 Å². The first-order valence-electron chi connectivity index (χ1n) is 9.41. The second-order valence-corrected chi connectivity index (χ2v) is 8.24. The minimum absolute atomic E-state index is 0.0466. The monoisotopic (exact) mass is 446 g/mol. The van der Waals surface area contributed by atoms with E-state index in [1.807, 2.05) is 30.3 Å². The van der Waals surface area contributed by atoms with Gasteiger partial charge in [0.2, 0.25) is 0 Å². The zero-order valence-electron chi connectivity index (χ0n) is 16.7. The summed E-state index contributed by atoms with van der Waals surface area (Å²) in [5.41, 5.74) is 1.19. The Morgan fingerprint density at radius 1 is 0.964 bits per heavy atom. The lowest BCUT2D eigenvalue weighted by molar-refractivity contribution is 0.299. The van der Waals surface area contributed by atoms with Crippen LogP contribution in [0, 0.1) is 0 Å². The lowest BCUT2D eigenvalue weighted by Crippen LogP contribution is -2.04. The molecule has 2 rings (SSSR count). The third-order valence-electron chi connectivity index (χ3n) is 3.53. The minimum Gasteiger partial charge on any atom is -0.396 e. The lowest BCUT2D eigenvalue weighted by Gasteiger charge is -2.02. The number of aliphatic hydroxyl groups excluding tert-OH is 1. The molecular weight excluding hydrogens is 415 g/mol. The van der Waals surface area contributed by atoms with Gasteiger partial charge in [-0.3, -0.25) is 4.18 Å². The molecule has 2 aromatic carbocycles. The first-order chi connectivity index (χ1) is 13.4. The van der Waals surface area contributed by atoms with Crippen LogP contribution in [0.3, 0.4) is 0 Å². The van der Waals surface area contributed by atoms with Gasteiger partial charge in [0, 0.05) is 11.6 Å². The molecule has 0 aliphatic heterocycles. The molecule has 7 heteroatoms. The summed E-state index contributed by atoms with van der Waals surface area (Å²) in [6.07, 6.45) is 6.35. The van der Waals surface area contributed by atoms with Gasteiger partial charge in [-0.25, -0.2) is 0 Å². The van der Waals surface area contributed by atoms with Gasteiger partial charge < -0.3 is 5.11 Å². The Hall–Kier alpha value is -0.970. The van der Waals surface area contributed by atoms with E-state index in [1.165, 1.54) is 55.5 Å². The summed E-state index contributed by atoms with van der Waals surface area (Å²) in [4.78, 5) is 0.111. The average Bonchev–Trinajstić information content (AvgIpc) is 2.69. The molecule has 0 heterocycles. The highest BCUT2D eigenvalue weighted by atomic mass is 35.5. The van der Waals surface area contributed by atoms with Crippen molar-refractivity contribution < 1.29 is 17.7 Å². The van der Waals surface area contributed by atoms with Crippen LogP contribution < -0.4 is 0 Å². The largest absolute Gasteiger partial charge is 0.396 e. The number of aliphatic hydroxyl groups is 1. The van der Waals surface area contributed by atoms with Crippen LogP contribution >= 0.6 is 20.8 Å². The summed E-state index contributed by atoms with van der Waals surface area (Å²) < 4.78 is 27.1. The minimum atomic E-state index is -3.61. The van der Waals surface area contributed by atoms with Crippen molar-refractivity contribution in [2.45, 2.75) is 50.8 Å². The summed E-state index contributed by atoms with van der Waals surface area (Å²) in [5.74, 6) is 0. The highest BCUT2D eigenvalue weighted by molar-refractivity contribution is 7.86. The molecule has 0 bridgehead atoms. The molecule has 1 unspecified atom stereocenters. The van der Waals surface area contributed by atoms with E-state index in [4.69, 9.17) is 16.7 Å². The molecule has 0 aliphatic rings. The van der Waals surface area contributed by atoms with Gasteiger partial charge in [0.1, 0.15) is 0 Å². The van der Waals surface area contributed by atoms with E-state index < -0.39 is 10.1 Å². The van der Waals surface area contributed by atoms with Crippen molar-refractivity contribution in [1.29, 1.82) is 0 Å². The Kier molecular flexibility index (Phi) is 16.4. The maximum absolute atomic E-state index is 11.3. The van der Waals surface area contributed by atoms with Crippen molar-refractivity contribution in [2.75, 3.05) is 13.0 Å². The molecule has 0 fully saturated rings. The molecule has 0 radical (unpaired) electrons. The molecule has 2 aromatic rings. The predicted octanol–water partition coefficient (Wildman–Crippen LogP) is 5.69. The van der Waals surface area contributed by atoms with Crippen LogP contribution in [0.1, 0.15) is 45.1 Å². The van der Waals surface area contributed by atoms with Crippen LogP contribution in [0.4, 0.5) is 0 Å². The van der Waals surface area contributed by atoms with Crippen LogP contribution in [0.15, 0.2) is 59.5 Å². The SMILES string of the molecule is CCCCCC.O=S(=O)(OCP)c1ccc(Cl)cc1.OCCc1ccccc1. The normalized spacial score (nSPS) is 10.3. The zero-order valence-corrected chi connectivity index (χ0v) is 19.4. The maximum Gasteiger partial charge on any atom is 0.297 e. The Morgan fingerprint density at radius 3 is 1.93 bits per heavy atom. The Balaban J connectivity index is 0.000000423. The fourth-order valence-electron chi connectivity index (χ4n) is 2.03. The van der Waals surface area contributed by atoms with Crippen molar-refractivity contribution in [1.82, 2.24) is 0 Å². The zero-order chi connectivity index (χ0) is 21.3. The quantitative estimate of drug-likeness (QED) is 0.321. The first kappa shape index (κ1) is 27.0. The molecule has 0 amide bonds. The molecular formula is C21H32ClO4PS. The predicted molar refractivity (Wildman–Crippen MR) is 121 cm³/mol. The van der Waals surface area contributed by atoms with Crippen molar-refractivity contribution in [3.8, 4) is 0 Å². The van der Waals surface area contributed by atoms with E-state index in [1.54, 1.807) is 0 Å². The molecule has 0 aromatic heterocycles. The molecule has 28 heavy (non-hydrogen) atoms. The topological polar surface area (TPSA) is 63.6 Å². The van der Waals surface area contributed by atoms with Gasteiger partial charge >= 0.3 is 0 Å². The van der Waals surface area contributed by atoms with Gasteiger partial charge in [-0.1, -0.05) is 81.5 Å². The smallest absolute Gasteiger partial charge is 0.297 e. The fraction of sp³-hybridized carbons (Fsp3) is 0.429. The summed E-state index contributed by atoms with van der Waals surface area (Å²) in [5, 5.41) is 9.01. The van der Waals surface area contributed by atoms with Crippen LogP contribution in [0.25, 0.3) is 0 Å². The van der Waals surface area contributed by atoms with Crippen LogP contribution in [-0.4, -0.2) is 26.5 Å². The molecule has 158 valence electrons. The highest BCUT2D eigenvalue weighted by Crippen LogP contribution is 2.16. The Morgan fingerprint density at radius 2 is 1.50 bits per heavy atom. The van der Waals surface area contributed by atoms with Gasteiger partial charge in [0.05, 0.1) is 11.2 Å². The summed E-state index contributed by atoms with van der Waals surface area (Å²) >= 11 is 5.60. The molecule has 1 atom stereocenters. The molecule has 0 spiro atoms. The number of hydrogen-bond acceptors (Lipinski definition) is 4. The van der Waals surface area contributed by atoms with E-state index in [0.717, 1.165) is 6.42 Å². The Labute approximate surface area is 177 Å². The third-order valence-corrected chi connectivity index (χ3v) is 5.48. The van der Waals surface area contributed by atoms with Crippen molar-refractivity contribution >= 4 is 31.0 Å². The van der Waals surface area contributed by atoms with Crippen LogP contribution in [0.2, 0.25) is 5.02 Å². The number of benzene rings is 2. The highest BCUT2D eigenvalue weighted by Gasteiger charge is 2.13. The summed E-state index contributed by atoms with van der Waals surface area (Å²) in [6, 6.07) is 15.8. The van der Waals surface area contributed by atoms with Crippen molar-refractivity contribution in [3.05, 3.63) is 65.2 Å². The number of unbranched alkanes of at least 4 members (excludes halogenated alkanes) is 3. The molecule has 0 saturated carbocycles. The molecule has 0 aliphatic carbocycles. The third kappa shape index (κ3) is 13.2. The van der Waals surface area contributed by atoms with Crippen LogP contribution in [0.5, 0.6) is 0 Å². The maximum atomic E-state index is 11.3. The van der Waals surface area contributed by atoms with Crippen molar-refractivity contribution in [2.24, 2.45) is 0 Å². The summed E-state index contributed by atoms with van der Waals surface area (Å²) in [7, 11) is -1.43. The van der Waals surface area contributed by atoms with E-state index >= 15 is 0 Å². The second-order valence-electron chi connectivity index (χ2n) is 5.86. The Bertz CT molecular complexity index is 703. The van der Waals surface area contributed by atoms with Gasteiger partial charge in [0.15, 0.2) is 0 Å². The van der Waals surface area contributed by atoms with E-state index in [2.05, 4.69) is 27.3 Å². The van der Waals surface area contributed by atoms with Gasteiger partial charge in [-0.05, 0) is 36.2 Å². The lowest BCUT2D eigenvalue weighted by atomic mass is 10.2. The number of hydrogen-bond donors (Lipinski definition) is 1. The number of halogens is 1. The molecule has 0 saturated heterocycles. The van der Waals surface area contributed by atoms with E-state index in [-0.39, 0.29) is 17.9 Å². The van der Waals surface area contributed by atoms with Gasteiger partial charge in [-0.15, -0.1) is 9.24 Å². The average molecular weight is 447 g/mol. The van der Waals surface area contributed by atoms with Gasteiger partial charge in [0.25, 0.3) is 10.1 Å². The number of rotatable bonds is 8. The first-order valence-corrected chi connectivity index (χ1v) is 12.0. The molecule has 4 nitrogen and oxygen atoms in total. The second kappa shape index (κ2) is 16.9. The van der Waals surface area contributed by atoms with E-state index in [0.29, 0.717) is 5.02 Å². The van der Waals surface area contributed by atoms with Crippen molar-refractivity contribution in [3.63, 3.8) is 0 Å². The summed E-state index contributed by atoms with van der Waals surface area (Å²) in [6.45, 7) is 4.70. The standard InChI is InChI=1S/C8H10O.C7H8ClO3PS.C6H14/c9-7-6-8-4-2-1-3-5-8;8-6-1-3-7(4-2-6)13(9,10)11-5-12;1-3-5-6-4-2/h1-5,9H,6-7H2;1-4H,5,12H2;3-6H2,1-2H3. The molecule has 1 N–H and O–H groups in total. The van der Waals surface area contributed by atoms with E-state index in [9.17, 15) is 8.42 Å². The fourth-order valence-corrected chi connectivity index (χ4v) is 3.48. The van der Waals surface area contributed by atoms with Crippen LogP contribution in [-0.2, 0) is 20.7 Å².